The van der Waals surface area contributed by atoms with Crippen LogP contribution < -0.4 is 10.5 Å². The SMILES string of the molecule is CC(C)Oc1ccc(Cl)cc1C(C)CN. The van der Waals surface area contributed by atoms with Crippen molar-refractivity contribution in [3.8, 4) is 5.75 Å². The molecule has 0 heterocycles. The van der Waals surface area contributed by atoms with Crippen LogP contribution in [0.25, 0.3) is 0 Å². The van der Waals surface area contributed by atoms with Gasteiger partial charge in [-0.2, -0.15) is 0 Å². The van der Waals surface area contributed by atoms with E-state index in [2.05, 4.69) is 6.92 Å². The van der Waals surface area contributed by atoms with Crippen LogP contribution in [-0.2, 0) is 0 Å². The Balaban J connectivity index is 3.02. The first-order valence-electron chi connectivity index (χ1n) is 5.20. The van der Waals surface area contributed by atoms with E-state index in [0.29, 0.717) is 6.54 Å². The smallest absolute Gasteiger partial charge is 0.123 e. The zero-order valence-electron chi connectivity index (χ0n) is 9.46. The van der Waals surface area contributed by atoms with Crippen LogP contribution >= 0.6 is 11.6 Å². The van der Waals surface area contributed by atoms with Crippen LogP contribution in [0.4, 0.5) is 0 Å². The fraction of sp³-hybridized carbons (Fsp3) is 0.500. The van der Waals surface area contributed by atoms with Crippen LogP contribution in [0.15, 0.2) is 18.2 Å². The summed E-state index contributed by atoms with van der Waals surface area (Å²) >= 11 is 5.96. The van der Waals surface area contributed by atoms with Gasteiger partial charge in [-0.05, 0) is 50.1 Å². The Kier molecular flexibility index (Phi) is 4.43. The second kappa shape index (κ2) is 5.38. The average Bonchev–Trinajstić information content (AvgIpc) is 2.19. The van der Waals surface area contributed by atoms with E-state index in [1.54, 1.807) is 0 Å². The summed E-state index contributed by atoms with van der Waals surface area (Å²) in [5.74, 6) is 1.14. The summed E-state index contributed by atoms with van der Waals surface area (Å²) in [7, 11) is 0. The van der Waals surface area contributed by atoms with Gasteiger partial charge < -0.3 is 10.5 Å². The number of nitrogens with two attached hydrogens (primary N) is 1. The van der Waals surface area contributed by atoms with Crippen molar-refractivity contribution >= 4 is 11.6 Å². The highest BCUT2D eigenvalue weighted by Gasteiger charge is 2.12. The summed E-state index contributed by atoms with van der Waals surface area (Å²) in [4.78, 5) is 0. The van der Waals surface area contributed by atoms with Crippen LogP contribution in [-0.4, -0.2) is 12.6 Å². The summed E-state index contributed by atoms with van der Waals surface area (Å²) in [5.41, 5.74) is 6.74. The van der Waals surface area contributed by atoms with E-state index in [1.165, 1.54) is 0 Å². The van der Waals surface area contributed by atoms with E-state index in [4.69, 9.17) is 22.1 Å². The first-order valence-corrected chi connectivity index (χ1v) is 5.58. The highest BCUT2D eigenvalue weighted by atomic mass is 35.5. The van der Waals surface area contributed by atoms with Crippen molar-refractivity contribution in [1.82, 2.24) is 0 Å². The molecule has 0 bridgehead atoms. The van der Waals surface area contributed by atoms with Gasteiger partial charge in [0.25, 0.3) is 0 Å². The van der Waals surface area contributed by atoms with Crippen LogP contribution in [0.5, 0.6) is 5.75 Å². The van der Waals surface area contributed by atoms with E-state index >= 15 is 0 Å². The van der Waals surface area contributed by atoms with Crippen LogP contribution in [0.3, 0.4) is 0 Å². The molecule has 0 aliphatic rings. The molecule has 1 rings (SSSR count). The Morgan fingerprint density at radius 3 is 2.53 bits per heavy atom. The lowest BCUT2D eigenvalue weighted by Gasteiger charge is -2.18. The third-order valence-electron chi connectivity index (χ3n) is 2.22. The van der Waals surface area contributed by atoms with Crippen molar-refractivity contribution in [2.24, 2.45) is 5.73 Å². The van der Waals surface area contributed by atoms with Gasteiger partial charge in [0, 0.05) is 5.02 Å². The van der Waals surface area contributed by atoms with Crippen LogP contribution in [0.2, 0.25) is 5.02 Å². The Morgan fingerprint density at radius 2 is 2.00 bits per heavy atom. The minimum Gasteiger partial charge on any atom is -0.491 e. The van der Waals surface area contributed by atoms with Crippen LogP contribution in [0.1, 0.15) is 32.3 Å². The molecular formula is C12H18ClNO. The van der Waals surface area contributed by atoms with Crippen molar-refractivity contribution < 1.29 is 4.74 Å². The predicted octanol–water partition coefficient (Wildman–Crippen LogP) is 3.19. The standard InChI is InChI=1S/C12H18ClNO/c1-8(2)15-12-5-4-10(13)6-11(12)9(3)7-14/h4-6,8-9H,7,14H2,1-3H3. The minimum atomic E-state index is 0.162. The number of ether oxygens (including phenoxy) is 1. The number of hydrogen-bond donors (Lipinski definition) is 1. The largest absolute Gasteiger partial charge is 0.491 e. The van der Waals surface area contributed by atoms with Gasteiger partial charge in [0.1, 0.15) is 5.75 Å². The van der Waals surface area contributed by atoms with Gasteiger partial charge in [-0.1, -0.05) is 18.5 Å². The van der Waals surface area contributed by atoms with Gasteiger partial charge in [-0.3, -0.25) is 0 Å². The molecule has 0 fully saturated rings. The number of rotatable bonds is 4. The van der Waals surface area contributed by atoms with Gasteiger partial charge in [0.2, 0.25) is 0 Å². The summed E-state index contributed by atoms with van der Waals surface area (Å²) in [6.07, 6.45) is 0.162. The van der Waals surface area contributed by atoms with Gasteiger partial charge in [0.05, 0.1) is 6.10 Å². The fourth-order valence-electron chi connectivity index (χ4n) is 1.39. The molecule has 0 amide bonds. The molecule has 0 aromatic heterocycles. The molecule has 1 unspecified atom stereocenters. The molecule has 0 aliphatic carbocycles. The highest BCUT2D eigenvalue weighted by Crippen LogP contribution is 2.29. The fourth-order valence-corrected chi connectivity index (χ4v) is 1.57. The van der Waals surface area contributed by atoms with Crippen molar-refractivity contribution in [3.63, 3.8) is 0 Å². The van der Waals surface area contributed by atoms with Crippen molar-refractivity contribution in [1.29, 1.82) is 0 Å². The minimum absolute atomic E-state index is 0.162. The lowest BCUT2D eigenvalue weighted by Crippen LogP contribution is -2.13. The molecule has 0 radical (unpaired) electrons. The van der Waals surface area contributed by atoms with Gasteiger partial charge in [-0.15, -0.1) is 0 Å². The van der Waals surface area contributed by atoms with E-state index in [-0.39, 0.29) is 12.0 Å². The Morgan fingerprint density at radius 1 is 1.33 bits per heavy atom. The molecule has 0 spiro atoms. The Bertz CT molecular complexity index is 325. The maximum atomic E-state index is 5.96. The summed E-state index contributed by atoms with van der Waals surface area (Å²) in [6, 6.07) is 5.67. The molecule has 0 saturated heterocycles. The zero-order chi connectivity index (χ0) is 11.4. The van der Waals surface area contributed by atoms with E-state index in [1.807, 2.05) is 32.0 Å². The van der Waals surface area contributed by atoms with Crippen molar-refractivity contribution in [2.75, 3.05) is 6.54 Å². The van der Waals surface area contributed by atoms with E-state index in [9.17, 15) is 0 Å². The lowest BCUT2D eigenvalue weighted by atomic mass is 10.0. The molecule has 15 heavy (non-hydrogen) atoms. The maximum Gasteiger partial charge on any atom is 0.123 e. The molecule has 1 aromatic rings. The average molecular weight is 228 g/mol. The lowest BCUT2D eigenvalue weighted by molar-refractivity contribution is 0.239. The summed E-state index contributed by atoms with van der Waals surface area (Å²) in [6.45, 7) is 6.67. The zero-order valence-corrected chi connectivity index (χ0v) is 10.2. The molecular weight excluding hydrogens is 210 g/mol. The summed E-state index contributed by atoms with van der Waals surface area (Å²) < 4.78 is 5.71. The third-order valence-corrected chi connectivity index (χ3v) is 2.45. The van der Waals surface area contributed by atoms with Gasteiger partial charge in [0.15, 0.2) is 0 Å². The van der Waals surface area contributed by atoms with E-state index in [0.717, 1.165) is 16.3 Å². The topological polar surface area (TPSA) is 35.2 Å². The first kappa shape index (κ1) is 12.3. The second-order valence-corrected chi connectivity index (χ2v) is 4.42. The molecule has 1 atom stereocenters. The van der Waals surface area contributed by atoms with Crippen molar-refractivity contribution in [3.05, 3.63) is 28.8 Å². The Hall–Kier alpha value is -0.730. The second-order valence-electron chi connectivity index (χ2n) is 3.99. The van der Waals surface area contributed by atoms with Gasteiger partial charge >= 0.3 is 0 Å². The van der Waals surface area contributed by atoms with Crippen molar-refractivity contribution in [2.45, 2.75) is 32.8 Å². The Labute approximate surface area is 96.4 Å². The molecule has 0 aliphatic heterocycles. The maximum absolute atomic E-state index is 5.96. The number of halogens is 1. The first-order chi connectivity index (χ1) is 7.04. The normalized spacial score (nSPS) is 12.9. The molecule has 84 valence electrons. The molecule has 2 N–H and O–H groups in total. The highest BCUT2D eigenvalue weighted by molar-refractivity contribution is 6.30. The molecule has 3 heteroatoms. The molecule has 2 nitrogen and oxygen atoms in total. The molecule has 1 aromatic carbocycles. The van der Waals surface area contributed by atoms with Gasteiger partial charge in [-0.25, -0.2) is 0 Å². The number of hydrogen-bond acceptors (Lipinski definition) is 2. The third kappa shape index (κ3) is 3.40. The van der Waals surface area contributed by atoms with Crippen LogP contribution in [0, 0.1) is 0 Å². The van der Waals surface area contributed by atoms with E-state index < -0.39 is 0 Å². The molecule has 0 saturated carbocycles. The number of benzene rings is 1. The predicted molar refractivity (Wildman–Crippen MR) is 64.7 cm³/mol. The quantitative estimate of drug-likeness (QED) is 0.858. The monoisotopic (exact) mass is 227 g/mol. The summed E-state index contributed by atoms with van der Waals surface area (Å²) in [5, 5.41) is 0.724.